The number of carbonyl (C=O) groups is 8. The van der Waals surface area contributed by atoms with Crippen LogP contribution in [0.25, 0.3) is 0 Å². The van der Waals surface area contributed by atoms with Crippen LogP contribution in [0.4, 0.5) is 0 Å². The number of unbranched alkanes of at least 4 members (excludes halogenated alkanes) is 4. The number of likely N-dealkylation sites (N-methyl/N-ethyl adjacent to an activating group) is 2. The molecule has 0 saturated carbocycles. The molecule has 426 valence electrons. The van der Waals surface area contributed by atoms with Crippen molar-refractivity contribution in [3.05, 3.63) is 90.0 Å². The summed E-state index contributed by atoms with van der Waals surface area (Å²) in [5.41, 5.74) is 1.43. The molecular formula is C57H85N7O13. The van der Waals surface area contributed by atoms with Gasteiger partial charge in [-0.1, -0.05) is 128 Å². The SMILES string of the molecule is CCCCCC/C=C\CC(=O)N[C@@H](Cc1ccccc1)[C@@H](O)CC(=O)N[C@H](C(=O)N[C@@H](CO)[C@@H](O)CC(=O)N[C@H](C(=O)N[C@@H]1C=CC(=O)N(C)[C@@H](C(C)C)C(=O)N(C)[C@@H](Cc2ccc(O)cc2)C(=O)OC1)C(C)C)C(C)C. The molecule has 0 aromatic heterocycles. The number of phenolic OH excluding ortho intramolecular Hbond substituents is 1. The number of phenols is 1. The molecule has 1 heterocycles. The number of rotatable bonds is 28. The standard InChI is InChI=1S/C57H85N7O13/c1-10-11-12-13-14-15-19-22-47(69)59-42(29-38-20-17-16-18-21-38)45(67)31-48(70)62-52(36(4)5)55(74)60-43(33-65)46(68)32-49(71)61-51(35(2)3)54(73)58-40-25-28-50(72)64(9)53(37(6)7)56(75)63(8)44(57(76)77-34-40)30-39-23-26-41(66)27-24-39/h15-21,23-28,35-37,40,42-46,51-53,65-68H,10-14,22,29-34H2,1-9H3,(H,58,73)(H,59,69)(H,60,74)(H,61,71)(H,62,70)/b19-15-,28-25?/t40-,42+,43+,44+,45+,46+,51+,52+,53+/m1/s1. The van der Waals surface area contributed by atoms with Crippen LogP contribution in [0.15, 0.2) is 78.9 Å². The van der Waals surface area contributed by atoms with Gasteiger partial charge in [0.2, 0.25) is 41.4 Å². The van der Waals surface area contributed by atoms with Crippen LogP contribution in [0.5, 0.6) is 5.75 Å². The van der Waals surface area contributed by atoms with Crippen molar-refractivity contribution in [2.75, 3.05) is 27.3 Å². The Morgan fingerprint density at radius 3 is 1.88 bits per heavy atom. The predicted molar refractivity (Wildman–Crippen MR) is 290 cm³/mol. The second-order valence-electron chi connectivity index (χ2n) is 20.9. The van der Waals surface area contributed by atoms with Crippen molar-refractivity contribution in [3.63, 3.8) is 0 Å². The molecule has 20 heteroatoms. The lowest BCUT2D eigenvalue weighted by atomic mass is 9.97. The number of ether oxygens (including phenoxy) is 1. The molecule has 7 amide bonds. The molecular weight excluding hydrogens is 991 g/mol. The monoisotopic (exact) mass is 1080 g/mol. The van der Waals surface area contributed by atoms with E-state index in [0.717, 1.165) is 43.7 Å². The molecule has 2 aromatic rings. The summed E-state index contributed by atoms with van der Waals surface area (Å²) < 4.78 is 5.69. The Balaban J connectivity index is 1.69. The summed E-state index contributed by atoms with van der Waals surface area (Å²) >= 11 is 0. The molecule has 0 aliphatic carbocycles. The van der Waals surface area contributed by atoms with Crippen molar-refractivity contribution in [3.8, 4) is 5.75 Å². The molecule has 0 bridgehead atoms. The quantitative estimate of drug-likeness (QED) is 0.0337. The van der Waals surface area contributed by atoms with Crippen LogP contribution in [0.1, 0.15) is 111 Å². The first-order valence-corrected chi connectivity index (χ1v) is 26.8. The number of esters is 1. The number of hydrogen-bond acceptors (Lipinski definition) is 13. The Morgan fingerprint density at radius 2 is 1.31 bits per heavy atom. The summed E-state index contributed by atoms with van der Waals surface area (Å²) in [7, 11) is 2.90. The molecule has 2 aromatic carbocycles. The average molecular weight is 1080 g/mol. The summed E-state index contributed by atoms with van der Waals surface area (Å²) in [6.45, 7) is 11.0. The first-order valence-electron chi connectivity index (χ1n) is 26.8. The molecule has 0 unspecified atom stereocenters. The summed E-state index contributed by atoms with van der Waals surface area (Å²) in [4.78, 5) is 111. The third kappa shape index (κ3) is 21.7. The number of benzene rings is 2. The Morgan fingerprint density at radius 1 is 0.714 bits per heavy atom. The van der Waals surface area contributed by atoms with E-state index in [0.29, 0.717) is 5.56 Å². The van der Waals surface area contributed by atoms with Crippen LogP contribution in [-0.4, -0.2) is 159 Å². The van der Waals surface area contributed by atoms with Gasteiger partial charge in [0, 0.05) is 33.0 Å². The van der Waals surface area contributed by atoms with Crippen molar-refractivity contribution in [1.82, 2.24) is 36.4 Å². The highest BCUT2D eigenvalue weighted by molar-refractivity contribution is 5.95. The van der Waals surface area contributed by atoms with Crippen molar-refractivity contribution in [2.45, 2.75) is 167 Å². The molecule has 9 N–H and O–H groups in total. The minimum atomic E-state index is -1.69. The van der Waals surface area contributed by atoms with Gasteiger partial charge in [-0.15, -0.1) is 0 Å². The first-order chi connectivity index (χ1) is 36.5. The lowest BCUT2D eigenvalue weighted by Gasteiger charge is -2.36. The van der Waals surface area contributed by atoms with Crippen LogP contribution in [0.2, 0.25) is 0 Å². The maximum atomic E-state index is 13.9. The van der Waals surface area contributed by atoms with Gasteiger partial charge in [0.05, 0.1) is 49.8 Å². The number of cyclic esters (lactones) is 1. The van der Waals surface area contributed by atoms with Gasteiger partial charge in [-0.05, 0) is 60.3 Å². The van der Waals surface area contributed by atoms with E-state index in [9.17, 15) is 58.8 Å². The number of nitrogens with zero attached hydrogens (tertiary/aromatic N) is 2. The van der Waals surface area contributed by atoms with Crippen molar-refractivity contribution in [2.24, 2.45) is 17.8 Å². The Bertz CT molecular complexity index is 2290. The number of aromatic hydroxyl groups is 1. The molecule has 9 atom stereocenters. The third-order valence-corrected chi connectivity index (χ3v) is 13.4. The first kappa shape index (κ1) is 64.6. The van der Waals surface area contributed by atoms with Crippen molar-refractivity contribution < 1.29 is 63.5 Å². The topological polar surface area (TPSA) is 293 Å². The smallest absolute Gasteiger partial charge is 0.329 e. The fourth-order valence-corrected chi connectivity index (χ4v) is 8.78. The normalized spacial score (nSPS) is 18.9. The average Bonchev–Trinajstić information content (AvgIpc) is 3.37. The molecule has 3 rings (SSSR count). The highest BCUT2D eigenvalue weighted by atomic mass is 16.5. The van der Waals surface area contributed by atoms with E-state index < -0.39 is 134 Å². The van der Waals surface area contributed by atoms with E-state index in [-0.39, 0.29) is 36.8 Å². The Labute approximate surface area is 453 Å². The number of allylic oxidation sites excluding steroid dienone is 1. The number of aliphatic hydroxyl groups excluding tert-OH is 3. The molecule has 1 aliphatic heterocycles. The summed E-state index contributed by atoms with van der Waals surface area (Å²) in [6, 6.07) is 7.28. The number of aliphatic hydroxyl groups is 3. The fraction of sp³-hybridized carbons (Fsp3) is 0.579. The van der Waals surface area contributed by atoms with Crippen LogP contribution in [-0.2, 0) is 55.9 Å². The second kappa shape index (κ2) is 32.8. The third-order valence-electron chi connectivity index (χ3n) is 13.4. The van der Waals surface area contributed by atoms with Crippen LogP contribution < -0.4 is 26.6 Å². The zero-order valence-electron chi connectivity index (χ0n) is 46.3. The molecule has 0 saturated heterocycles. The maximum Gasteiger partial charge on any atom is 0.329 e. The minimum absolute atomic E-state index is 0.00198. The van der Waals surface area contributed by atoms with Gasteiger partial charge in [-0.3, -0.25) is 33.6 Å². The molecule has 1 aliphatic rings. The number of hydrogen-bond donors (Lipinski definition) is 9. The summed E-state index contributed by atoms with van der Waals surface area (Å²) in [5, 5.41) is 55.9. The van der Waals surface area contributed by atoms with Crippen molar-refractivity contribution in [1.29, 1.82) is 0 Å². The van der Waals surface area contributed by atoms with Crippen LogP contribution >= 0.6 is 0 Å². The second-order valence-corrected chi connectivity index (χ2v) is 20.9. The number of amides is 7. The lowest BCUT2D eigenvalue weighted by Crippen LogP contribution is -2.57. The van der Waals surface area contributed by atoms with Gasteiger partial charge in [0.25, 0.3) is 0 Å². The predicted octanol–water partition coefficient (Wildman–Crippen LogP) is 2.75. The zero-order valence-corrected chi connectivity index (χ0v) is 46.3. The van der Waals surface area contributed by atoms with Crippen LogP contribution in [0.3, 0.4) is 0 Å². The van der Waals surface area contributed by atoms with Gasteiger partial charge in [-0.2, -0.15) is 0 Å². The molecule has 0 spiro atoms. The summed E-state index contributed by atoms with van der Waals surface area (Å²) in [6.07, 6.45) is 7.60. The van der Waals surface area contributed by atoms with E-state index >= 15 is 0 Å². The van der Waals surface area contributed by atoms with E-state index in [1.165, 1.54) is 42.1 Å². The maximum absolute atomic E-state index is 13.9. The molecule has 20 nitrogen and oxygen atoms in total. The van der Waals surface area contributed by atoms with Gasteiger partial charge < -0.3 is 61.5 Å². The van der Waals surface area contributed by atoms with Gasteiger partial charge >= 0.3 is 5.97 Å². The fourth-order valence-electron chi connectivity index (χ4n) is 8.78. The Hall–Kier alpha value is -6.64. The minimum Gasteiger partial charge on any atom is -0.508 e. The van der Waals surface area contributed by atoms with Crippen LogP contribution in [0, 0.1) is 17.8 Å². The lowest BCUT2D eigenvalue weighted by molar-refractivity contribution is -0.157. The van der Waals surface area contributed by atoms with Gasteiger partial charge in [-0.25, -0.2) is 4.79 Å². The largest absolute Gasteiger partial charge is 0.508 e. The summed E-state index contributed by atoms with van der Waals surface area (Å²) in [5.74, 6) is -6.72. The van der Waals surface area contributed by atoms with E-state index in [1.807, 2.05) is 36.4 Å². The molecule has 0 fully saturated rings. The molecule has 0 radical (unpaired) electrons. The highest BCUT2D eigenvalue weighted by Crippen LogP contribution is 2.20. The van der Waals surface area contributed by atoms with E-state index in [1.54, 1.807) is 59.8 Å². The molecule has 77 heavy (non-hydrogen) atoms. The number of carbonyl (C=O) groups excluding carboxylic acids is 8. The van der Waals surface area contributed by atoms with Crippen molar-refractivity contribution >= 4 is 47.3 Å². The van der Waals surface area contributed by atoms with Gasteiger partial charge in [0.15, 0.2) is 0 Å². The zero-order chi connectivity index (χ0) is 57.4. The van der Waals surface area contributed by atoms with Gasteiger partial charge in [0.1, 0.15) is 36.5 Å². The Kier molecular flexibility index (Phi) is 27.6. The van der Waals surface area contributed by atoms with E-state index in [4.69, 9.17) is 4.74 Å². The van der Waals surface area contributed by atoms with E-state index in [2.05, 4.69) is 33.5 Å². The number of nitrogens with one attached hydrogen (secondary N) is 5. The highest BCUT2D eigenvalue weighted by Gasteiger charge is 2.38.